The molecule has 3 nitrogen and oxygen atoms in total. The van der Waals surface area contributed by atoms with Crippen LogP contribution >= 0.6 is 0 Å². The van der Waals surface area contributed by atoms with Crippen LogP contribution in [0.5, 0.6) is 0 Å². The molecule has 2 rings (SSSR count). The van der Waals surface area contributed by atoms with Crippen LogP contribution in [0, 0.1) is 6.92 Å². The molecule has 0 aliphatic carbocycles. The van der Waals surface area contributed by atoms with Crippen molar-refractivity contribution in [2.75, 3.05) is 39.3 Å². The van der Waals surface area contributed by atoms with Crippen molar-refractivity contribution in [1.82, 2.24) is 9.80 Å². The molecule has 0 bridgehead atoms. The predicted molar refractivity (Wildman–Crippen MR) is 74.4 cm³/mol. The summed E-state index contributed by atoms with van der Waals surface area (Å²) < 4.78 is 36.9. The number of hydrogen-bond acceptors (Lipinski definition) is 3. The van der Waals surface area contributed by atoms with E-state index < -0.39 is 12.7 Å². The molecule has 0 atom stereocenters. The lowest BCUT2D eigenvalue weighted by Gasteiger charge is -2.34. The van der Waals surface area contributed by atoms with E-state index in [-0.39, 0.29) is 12.3 Å². The van der Waals surface area contributed by atoms with Gasteiger partial charge in [0.05, 0.1) is 13.1 Å². The van der Waals surface area contributed by atoms with Crippen LogP contribution in [0.1, 0.15) is 15.9 Å². The first kappa shape index (κ1) is 16.0. The van der Waals surface area contributed by atoms with Crippen molar-refractivity contribution in [1.29, 1.82) is 0 Å². The highest BCUT2D eigenvalue weighted by Crippen LogP contribution is 2.17. The molecular formula is C15H19F3N2O. The van der Waals surface area contributed by atoms with Gasteiger partial charge in [-0.05, 0) is 12.5 Å². The highest BCUT2D eigenvalue weighted by Gasteiger charge is 2.32. The third-order valence-electron chi connectivity index (χ3n) is 3.68. The topological polar surface area (TPSA) is 23.6 Å². The number of carbonyl (C=O) groups is 1. The van der Waals surface area contributed by atoms with E-state index in [1.807, 2.05) is 30.0 Å². The molecular weight excluding hydrogens is 281 g/mol. The van der Waals surface area contributed by atoms with Gasteiger partial charge in [-0.15, -0.1) is 0 Å². The van der Waals surface area contributed by atoms with E-state index in [0.717, 1.165) is 5.56 Å². The Kier molecular flexibility index (Phi) is 5.00. The van der Waals surface area contributed by atoms with Gasteiger partial charge < -0.3 is 0 Å². The van der Waals surface area contributed by atoms with E-state index in [4.69, 9.17) is 0 Å². The largest absolute Gasteiger partial charge is 0.401 e. The third-order valence-corrected chi connectivity index (χ3v) is 3.68. The molecule has 21 heavy (non-hydrogen) atoms. The maximum Gasteiger partial charge on any atom is 0.401 e. The van der Waals surface area contributed by atoms with Gasteiger partial charge in [-0.25, -0.2) is 0 Å². The summed E-state index contributed by atoms with van der Waals surface area (Å²) in [7, 11) is 0. The molecule has 0 saturated carbocycles. The predicted octanol–water partition coefficient (Wildman–Crippen LogP) is 2.36. The quantitative estimate of drug-likeness (QED) is 0.798. The molecule has 1 heterocycles. The van der Waals surface area contributed by atoms with Crippen LogP contribution in [0.25, 0.3) is 0 Å². The Morgan fingerprint density at radius 3 is 2.24 bits per heavy atom. The molecule has 1 saturated heterocycles. The number of carbonyl (C=O) groups excluding carboxylic acids is 1. The SMILES string of the molecule is Cc1ccccc1C(=O)CN1CCN(CC(F)(F)F)CC1. The number of Topliss-reactive ketones (excluding diaryl/α,β-unsaturated/α-hetero) is 1. The van der Waals surface area contributed by atoms with Crippen LogP contribution in [0.15, 0.2) is 24.3 Å². The van der Waals surface area contributed by atoms with E-state index in [1.54, 1.807) is 6.07 Å². The number of benzene rings is 1. The van der Waals surface area contributed by atoms with Gasteiger partial charge in [0.25, 0.3) is 0 Å². The van der Waals surface area contributed by atoms with Gasteiger partial charge in [-0.3, -0.25) is 14.6 Å². The van der Waals surface area contributed by atoms with Crippen LogP contribution in [0.3, 0.4) is 0 Å². The lowest BCUT2D eigenvalue weighted by molar-refractivity contribution is -0.149. The molecule has 116 valence electrons. The highest BCUT2D eigenvalue weighted by molar-refractivity contribution is 5.98. The van der Waals surface area contributed by atoms with Gasteiger partial charge in [0.1, 0.15) is 0 Å². The standard InChI is InChI=1S/C15H19F3N2O/c1-12-4-2-3-5-13(12)14(21)10-19-6-8-20(9-7-19)11-15(16,17)18/h2-5H,6-11H2,1H3. The number of hydrogen-bond donors (Lipinski definition) is 0. The zero-order valence-electron chi connectivity index (χ0n) is 12.0. The number of piperazine rings is 1. The summed E-state index contributed by atoms with van der Waals surface area (Å²) >= 11 is 0. The van der Waals surface area contributed by atoms with E-state index >= 15 is 0 Å². The average molecular weight is 300 g/mol. The summed E-state index contributed by atoms with van der Waals surface area (Å²) in [6.45, 7) is 2.97. The molecule has 1 fully saturated rings. The fourth-order valence-corrected chi connectivity index (χ4v) is 2.53. The summed E-state index contributed by atoms with van der Waals surface area (Å²) in [5.41, 5.74) is 1.62. The minimum atomic E-state index is -4.15. The van der Waals surface area contributed by atoms with Crippen LogP contribution in [-0.2, 0) is 0 Å². The molecule has 6 heteroatoms. The second-order valence-electron chi connectivity index (χ2n) is 5.41. The Hall–Kier alpha value is -1.40. The first-order valence-corrected chi connectivity index (χ1v) is 6.95. The molecule has 0 aromatic heterocycles. The monoisotopic (exact) mass is 300 g/mol. The Labute approximate surface area is 122 Å². The molecule has 0 amide bonds. The van der Waals surface area contributed by atoms with Crippen LogP contribution in [-0.4, -0.2) is 61.0 Å². The van der Waals surface area contributed by atoms with Crippen LogP contribution < -0.4 is 0 Å². The zero-order valence-corrected chi connectivity index (χ0v) is 12.0. The normalized spacial score (nSPS) is 17.9. The van der Waals surface area contributed by atoms with Gasteiger partial charge in [0, 0.05) is 31.7 Å². The summed E-state index contributed by atoms with van der Waals surface area (Å²) in [6.07, 6.45) is -4.15. The van der Waals surface area contributed by atoms with Crippen molar-refractivity contribution in [3.05, 3.63) is 35.4 Å². The minimum absolute atomic E-state index is 0.0253. The van der Waals surface area contributed by atoms with Crippen molar-refractivity contribution in [3.8, 4) is 0 Å². The van der Waals surface area contributed by atoms with Crippen molar-refractivity contribution < 1.29 is 18.0 Å². The number of rotatable bonds is 4. The Morgan fingerprint density at radius 2 is 1.67 bits per heavy atom. The second-order valence-corrected chi connectivity index (χ2v) is 5.41. The van der Waals surface area contributed by atoms with Crippen molar-refractivity contribution in [2.24, 2.45) is 0 Å². The Morgan fingerprint density at radius 1 is 1.10 bits per heavy atom. The fourth-order valence-electron chi connectivity index (χ4n) is 2.53. The first-order valence-electron chi connectivity index (χ1n) is 6.95. The summed E-state index contributed by atoms with van der Waals surface area (Å²) in [4.78, 5) is 15.5. The molecule has 1 aliphatic heterocycles. The fraction of sp³-hybridized carbons (Fsp3) is 0.533. The summed E-state index contributed by atoms with van der Waals surface area (Å²) in [5.74, 6) is 0.0253. The Bertz CT molecular complexity index is 494. The van der Waals surface area contributed by atoms with E-state index in [0.29, 0.717) is 31.7 Å². The van der Waals surface area contributed by atoms with Gasteiger partial charge in [-0.1, -0.05) is 24.3 Å². The number of halogens is 3. The first-order chi connectivity index (χ1) is 9.85. The molecule has 0 unspecified atom stereocenters. The maximum atomic E-state index is 12.3. The number of alkyl halides is 3. The van der Waals surface area contributed by atoms with Crippen molar-refractivity contribution in [2.45, 2.75) is 13.1 Å². The molecule has 1 aliphatic rings. The summed E-state index contributed by atoms with van der Waals surface area (Å²) in [6, 6.07) is 7.37. The van der Waals surface area contributed by atoms with E-state index in [2.05, 4.69) is 0 Å². The van der Waals surface area contributed by atoms with Crippen LogP contribution in [0.2, 0.25) is 0 Å². The third kappa shape index (κ3) is 4.82. The van der Waals surface area contributed by atoms with Gasteiger partial charge in [0.15, 0.2) is 5.78 Å². The molecule has 0 spiro atoms. The van der Waals surface area contributed by atoms with Gasteiger partial charge >= 0.3 is 6.18 Å². The highest BCUT2D eigenvalue weighted by atomic mass is 19.4. The second kappa shape index (κ2) is 6.58. The van der Waals surface area contributed by atoms with Gasteiger partial charge in [0.2, 0.25) is 0 Å². The van der Waals surface area contributed by atoms with E-state index in [1.165, 1.54) is 4.90 Å². The Balaban J connectivity index is 1.84. The molecule has 0 N–H and O–H groups in total. The van der Waals surface area contributed by atoms with E-state index in [9.17, 15) is 18.0 Å². The number of aryl methyl sites for hydroxylation is 1. The summed E-state index contributed by atoms with van der Waals surface area (Å²) in [5, 5.41) is 0. The lowest BCUT2D eigenvalue weighted by Crippen LogP contribution is -2.50. The lowest BCUT2D eigenvalue weighted by atomic mass is 10.0. The minimum Gasteiger partial charge on any atom is -0.293 e. The number of nitrogens with zero attached hydrogens (tertiary/aromatic N) is 2. The smallest absolute Gasteiger partial charge is 0.293 e. The average Bonchev–Trinajstić information content (AvgIpc) is 2.40. The van der Waals surface area contributed by atoms with Crippen molar-refractivity contribution in [3.63, 3.8) is 0 Å². The van der Waals surface area contributed by atoms with Crippen molar-refractivity contribution >= 4 is 5.78 Å². The maximum absolute atomic E-state index is 12.3. The number of ketones is 1. The van der Waals surface area contributed by atoms with Crippen LogP contribution in [0.4, 0.5) is 13.2 Å². The molecule has 1 aromatic rings. The molecule has 1 aromatic carbocycles. The molecule has 0 radical (unpaired) electrons. The zero-order chi connectivity index (χ0) is 15.5. The van der Waals surface area contributed by atoms with Gasteiger partial charge in [-0.2, -0.15) is 13.2 Å².